The van der Waals surface area contributed by atoms with Gasteiger partial charge >= 0.3 is 0 Å². The van der Waals surface area contributed by atoms with Gasteiger partial charge in [-0.25, -0.2) is 0 Å². The highest BCUT2D eigenvalue weighted by molar-refractivity contribution is 5.98. The standard InChI is InChI=1S/C17H26N4/c1-3-20-11-4-9-17(10-12-20)13-19-16(18)21(17)15-7-5-14(2)6-8-15/h5-8H,3-4,9-13H2,1-2H3,(H2,18,19). The van der Waals surface area contributed by atoms with Crippen molar-refractivity contribution in [3.63, 3.8) is 0 Å². The van der Waals surface area contributed by atoms with E-state index in [0.717, 1.165) is 26.1 Å². The van der Waals surface area contributed by atoms with Crippen molar-refractivity contribution >= 4 is 11.6 Å². The Balaban J connectivity index is 1.89. The van der Waals surface area contributed by atoms with Gasteiger partial charge in [0.1, 0.15) is 0 Å². The normalized spacial score (nSPS) is 27.0. The third-order valence-corrected chi connectivity index (χ3v) is 4.99. The van der Waals surface area contributed by atoms with Crippen molar-refractivity contribution in [1.82, 2.24) is 4.90 Å². The quantitative estimate of drug-likeness (QED) is 0.908. The zero-order valence-electron chi connectivity index (χ0n) is 13.2. The highest BCUT2D eigenvalue weighted by atomic mass is 15.4. The Bertz CT molecular complexity index is 522. The molecular weight excluding hydrogens is 260 g/mol. The summed E-state index contributed by atoms with van der Waals surface area (Å²) in [6.45, 7) is 8.67. The molecule has 1 unspecified atom stereocenters. The van der Waals surface area contributed by atoms with Crippen LogP contribution in [-0.4, -0.2) is 42.6 Å². The van der Waals surface area contributed by atoms with Gasteiger partial charge in [0.2, 0.25) is 0 Å². The molecule has 0 bridgehead atoms. The molecule has 1 atom stereocenters. The van der Waals surface area contributed by atoms with Crippen LogP contribution >= 0.6 is 0 Å². The van der Waals surface area contributed by atoms with Crippen LogP contribution in [0, 0.1) is 6.92 Å². The fourth-order valence-corrected chi connectivity index (χ4v) is 3.65. The van der Waals surface area contributed by atoms with E-state index in [-0.39, 0.29) is 5.54 Å². The summed E-state index contributed by atoms with van der Waals surface area (Å²) in [4.78, 5) is 9.42. The number of hydrogen-bond acceptors (Lipinski definition) is 4. The Labute approximate surface area is 127 Å². The van der Waals surface area contributed by atoms with E-state index in [4.69, 9.17) is 5.73 Å². The summed E-state index contributed by atoms with van der Waals surface area (Å²) in [6, 6.07) is 8.66. The van der Waals surface area contributed by atoms with Crippen LogP contribution in [-0.2, 0) is 0 Å². The molecule has 1 aromatic carbocycles. The van der Waals surface area contributed by atoms with Crippen LogP contribution in [0.15, 0.2) is 29.3 Å². The topological polar surface area (TPSA) is 44.9 Å². The van der Waals surface area contributed by atoms with E-state index in [0.29, 0.717) is 5.96 Å². The third-order valence-electron chi connectivity index (χ3n) is 4.99. The third kappa shape index (κ3) is 2.64. The molecule has 4 heteroatoms. The number of hydrogen-bond donors (Lipinski definition) is 1. The van der Waals surface area contributed by atoms with E-state index >= 15 is 0 Å². The first-order chi connectivity index (χ1) is 10.1. The summed E-state index contributed by atoms with van der Waals surface area (Å²) in [6.07, 6.45) is 3.53. The molecule has 2 aliphatic rings. The van der Waals surface area contributed by atoms with Gasteiger partial charge in [-0.1, -0.05) is 24.6 Å². The zero-order valence-corrected chi connectivity index (χ0v) is 13.2. The SMILES string of the molecule is CCN1CCCC2(CC1)CN=C(N)N2c1ccc(C)cc1. The minimum atomic E-state index is 0.0866. The number of aliphatic imine (C=N–C) groups is 1. The summed E-state index contributed by atoms with van der Waals surface area (Å²) in [7, 11) is 0. The van der Waals surface area contributed by atoms with Crippen molar-refractivity contribution < 1.29 is 0 Å². The predicted octanol–water partition coefficient (Wildman–Crippen LogP) is 2.37. The maximum Gasteiger partial charge on any atom is 0.196 e. The molecule has 4 nitrogen and oxygen atoms in total. The Morgan fingerprint density at radius 1 is 1.19 bits per heavy atom. The van der Waals surface area contributed by atoms with Crippen molar-refractivity contribution in [2.24, 2.45) is 10.7 Å². The number of aryl methyl sites for hydroxylation is 1. The lowest BCUT2D eigenvalue weighted by Gasteiger charge is -2.39. The molecule has 2 N–H and O–H groups in total. The van der Waals surface area contributed by atoms with Crippen LogP contribution in [0.5, 0.6) is 0 Å². The fourth-order valence-electron chi connectivity index (χ4n) is 3.65. The molecule has 0 aromatic heterocycles. The number of likely N-dealkylation sites (tertiary alicyclic amines) is 1. The van der Waals surface area contributed by atoms with Gasteiger partial charge in [-0.3, -0.25) is 4.99 Å². The number of rotatable bonds is 2. The van der Waals surface area contributed by atoms with Crippen molar-refractivity contribution in [3.05, 3.63) is 29.8 Å². The Kier molecular flexibility index (Phi) is 3.89. The first-order valence-electron chi connectivity index (χ1n) is 8.04. The van der Waals surface area contributed by atoms with Gasteiger partial charge in [0.25, 0.3) is 0 Å². The summed E-state index contributed by atoms with van der Waals surface area (Å²) in [5.74, 6) is 0.684. The van der Waals surface area contributed by atoms with Gasteiger partial charge in [-0.2, -0.15) is 0 Å². The van der Waals surface area contributed by atoms with E-state index in [2.05, 4.69) is 52.9 Å². The molecule has 0 radical (unpaired) electrons. The number of guanidine groups is 1. The predicted molar refractivity (Wildman–Crippen MR) is 88.8 cm³/mol. The average Bonchev–Trinajstić information content (AvgIpc) is 2.69. The maximum absolute atomic E-state index is 6.24. The highest BCUT2D eigenvalue weighted by Gasteiger charge is 2.43. The lowest BCUT2D eigenvalue weighted by molar-refractivity contribution is 0.292. The minimum absolute atomic E-state index is 0.0866. The van der Waals surface area contributed by atoms with Gasteiger partial charge in [0.15, 0.2) is 5.96 Å². The fraction of sp³-hybridized carbons (Fsp3) is 0.588. The summed E-state index contributed by atoms with van der Waals surface area (Å²) >= 11 is 0. The van der Waals surface area contributed by atoms with Gasteiger partial charge < -0.3 is 15.5 Å². The zero-order chi connectivity index (χ0) is 14.9. The largest absolute Gasteiger partial charge is 0.369 e. The molecule has 114 valence electrons. The molecule has 1 saturated heterocycles. The second-order valence-electron chi connectivity index (χ2n) is 6.36. The summed E-state index contributed by atoms with van der Waals surface area (Å²) in [5, 5.41) is 0. The minimum Gasteiger partial charge on any atom is -0.369 e. The summed E-state index contributed by atoms with van der Waals surface area (Å²) in [5.41, 5.74) is 8.78. The Morgan fingerprint density at radius 3 is 2.67 bits per heavy atom. The van der Waals surface area contributed by atoms with Crippen LogP contribution in [0.1, 0.15) is 31.7 Å². The number of anilines is 1. The maximum atomic E-state index is 6.24. The lowest BCUT2D eigenvalue weighted by Crippen LogP contribution is -2.52. The van der Waals surface area contributed by atoms with Crippen molar-refractivity contribution in [1.29, 1.82) is 0 Å². The van der Waals surface area contributed by atoms with Crippen molar-refractivity contribution in [2.75, 3.05) is 31.1 Å². The van der Waals surface area contributed by atoms with Crippen LogP contribution in [0.2, 0.25) is 0 Å². The van der Waals surface area contributed by atoms with E-state index in [1.807, 2.05) is 0 Å². The average molecular weight is 286 g/mol. The lowest BCUT2D eigenvalue weighted by atomic mass is 9.89. The van der Waals surface area contributed by atoms with Gasteiger partial charge in [-0.15, -0.1) is 0 Å². The molecule has 3 rings (SSSR count). The number of nitrogens with zero attached hydrogens (tertiary/aromatic N) is 3. The van der Waals surface area contributed by atoms with Gasteiger partial charge in [0, 0.05) is 12.2 Å². The van der Waals surface area contributed by atoms with E-state index in [1.54, 1.807) is 0 Å². The van der Waals surface area contributed by atoms with Crippen LogP contribution < -0.4 is 10.6 Å². The van der Waals surface area contributed by atoms with Crippen molar-refractivity contribution in [2.45, 2.75) is 38.6 Å². The first kappa shape index (κ1) is 14.4. The summed E-state index contributed by atoms with van der Waals surface area (Å²) < 4.78 is 0. The van der Waals surface area contributed by atoms with E-state index in [9.17, 15) is 0 Å². The highest BCUT2D eigenvalue weighted by Crippen LogP contribution is 2.36. The van der Waals surface area contributed by atoms with Crippen LogP contribution in [0.25, 0.3) is 0 Å². The number of nitrogens with two attached hydrogens (primary N) is 1. The molecule has 2 aliphatic heterocycles. The van der Waals surface area contributed by atoms with Crippen molar-refractivity contribution in [3.8, 4) is 0 Å². The van der Waals surface area contributed by atoms with E-state index in [1.165, 1.54) is 30.6 Å². The molecule has 1 aromatic rings. The van der Waals surface area contributed by atoms with Gasteiger partial charge in [-0.05, 0) is 51.4 Å². The molecule has 0 aliphatic carbocycles. The molecule has 21 heavy (non-hydrogen) atoms. The smallest absolute Gasteiger partial charge is 0.196 e. The Hall–Kier alpha value is -1.55. The molecule has 0 saturated carbocycles. The van der Waals surface area contributed by atoms with E-state index < -0.39 is 0 Å². The molecule has 0 amide bonds. The monoisotopic (exact) mass is 286 g/mol. The second-order valence-corrected chi connectivity index (χ2v) is 6.36. The molecular formula is C17H26N4. The van der Waals surface area contributed by atoms with Gasteiger partial charge in [0.05, 0.1) is 12.1 Å². The Morgan fingerprint density at radius 2 is 1.95 bits per heavy atom. The number of benzene rings is 1. The second kappa shape index (κ2) is 5.68. The molecule has 1 fully saturated rings. The first-order valence-corrected chi connectivity index (χ1v) is 8.04. The molecule has 1 spiro atoms. The molecule has 2 heterocycles. The van der Waals surface area contributed by atoms with Crippen LogP contribution in [0.3, 0.4) is 0 Å². The van der Waals surface area contributed by atoms with Crippen LogP contribution in [0.4, 0.5) is 5.69 Å².